The van der Waals surface area contributed by atoms with E-state index >= 15 is 0 Å². The van der Waals surface area contributed by atoms with Gasteiger partial charge in [-0.1, -0.05) is 32.0 Å². The van der Waals surface area contributed by atoms with Crippen molar-refractivity contribution in [2.45, 2.75) is 19.9 Å². The maximum atomic E-state index is 12.2. The number of fused-ring (bicyclic) bond motifs is 1. The molecule has 1 unspecified atom stereocenters. The highest BCUT2D eigenvalue weighted by molar-refractivity contribution is 5.79. The Kier molecular flexibility index (Phi) is 6.32. The Balaban J connectivity index is 1.52. The van der Waals surface area contributed by atoms with Crippen LogP contribution in [0.15, 0.2) is 69.9 Å². The minimum atomic E-state index is -0.423. The van der Waals surface area contributed by atoms with Crippen LogP contribution in [-0.4, -0.2) is 25.1 Å². The van der Waals surface area contributed by atoms with E-state index in [-0.39, 0.29) is 18.6 Å². The number of para-hydroxylation sites is 1. The third kappa shape index (κ3) is 5.36. The smallest absolute Gasteiger partial charge is 0.336 e. The summed E-state index contributed by atoms with van der Waals surface area (Å²) in [6.07, 6.45) is 0. The van der Waals surface area contributed by atoms with Crippen LogP contribution in [0.1, 0.15) is 13.8 Å². The van der Waals surface area contributed by atoms with E-state index in [1.54, 1.807) is 24.3 Å². The molecule has 2 aromatic carbocycles. The number of rotatable bonds is 8. The molecule has 2 N–H and O–H groups in total. The van der Waals surface area contributed by atoms with Crippen molar-refractivity contribution in [2.75, 3.05) is 18.5 Å². The fourth-order valence-electron chi connectivity index (χ4n) is 2.76. The SMILES string of the molecule is CC(C)C(CNC(=O)COc1ccc2ccc(=O)oc2c1)Nc1ccccc1. The number of hydrogen-bond acceptors (Lipinski definition) is 5. The summed E-state index contributed by atoms with van der Waals surface area (Å²) in [5.74, 6) is 0.597. The number of benzene rings is 2. The first kappa shape index (κ1) is 19.5. The first-order valence-electron chi connectivity index (χ1n) is 9.26. The summed E-state index contributed by atoms with van der Waals surface area (Å²) < 4.78 is 10.7. The molecule has 6 heteroatoms. The summed E-state index contributed by atoms with van der Waals surface area (Å²) in [6.45, 7) is 4.58. The lowest BCUT2D eigenvalue weighted by atomic mass is 10.0. The summed E-state index contributed by atoms with van der Waals surface area (Å²) in [5.41, 5.74) is 1.02. The standard InChI is InChI=1S/C22H24N2O4/c1-15(2)19(24-17-6-4-3-5-7-17)13-23-21(25)14-27-18-10-8-16-9-11-22(26)28-20(16)12-18/h3-12,15,19,24H,13-14H2,1-2H3,(H,23,25). The van der Waals surface area contributed by atoms with Crippen molar-refractivity contribution in [3.05, 3.63) is 71.1 Å². The number of hydrogen-bond donors (Lipinski definition) is 2. The third-order valence-corrected chi connectivity index (χ3v) is 4.41. The number of carbonyl (C=O) groups is 1. The number of carbonyl (C=O) groups excluding carboxylic acids is 1. The maximum Gasteiger partial charge on any atom is 0.336 e. The van der Waals surface area contributed by atoms with E-state index in [2.05, 4.69) is 24.5 Å². The molecule has 3 rings (SSSR count). The normalized spacial score (nSPS) is 12.0. The minimum absolute atomic E-state index is 0.0984. The van der Waals surface area contributed by atoms with Gasteiger partial charge in [-0.05, 0) is 36.2 Å². The fourth-order valence-corrected chi connectivity index (χ4v) is 2.76. The van der Waals surface area contributed by atoms with Crippen LogP contribution in [0.5, 0.6) is 5.75 Å². The Morgan fingerprint density at radius 1 is 1.07 bits per heavy atom. The fraction of sp³-hybridized carbons (Fsp3) is 0.273. The van der Waals surface area contributed by atoms with Gasteiger partial charge in [-0.25, -0.2) is 4.79 Å². The van der Waals surface area contributed by atoms with Gasteiger partial charge in [0.1, 0.15) is 11.3 Å². The first-order chi connectivity index (χ1) is 13.5. The molecule has 1 aromatic heterocycles. The lowest BCUT2D eigenvalue weighted by Crippen LogP contribution is -2.41. The van der Waals surface area contributed by atoms with E-state index in [4.69, 9.17) is 9.15 Å². The van der Waals surface area contributed by atoms with Crippen LogP contribution in [0, 0.1) is 5.92 Å². The van der Waals surface area contributed by atoms with E-state index < -0.39 is 5.63 Å². The van der Waals surface area contributed by atoms with Gasteiger partial charge in [0.25, 0.3) is 5.91 Å². The van der Waals surface area contributed by atoms with Crippen molar-refractivity contribution in [1.82, 2.24) is 5.32 Å². The van der Waals surface area contributed by atoms with Crippen LogP contribution >= 0.6 is 0 Å². The summed E-state index contributed by atoms with van der Waals surface area (Å²) >= 11 is 0. The van der Waals surface area contributed by atoms with Gasteiger partial charge in [0.2, 0.25) is 0 Å². The van der Waals surface area contributed by atoms with Crippen LogP contribution in [-0.2, 0) is 4.79 Å². The molecule has 1 heterocycles. The van der Waals surface area contributed by atoms with Crippen molar-refractivity contribution in [2.24, 2.45) is 5.92 Å². The molecule has 28 heavy (non-hydrogen) atoms. The molecule has 1 atom stereocenters. The predicted octanol–water partition coefficient (Wildman–Crippen LogP) is 3.42. The molecule has 0 bridgehead atoms. The van der Waals surface area contributed by atoms with Gasteiger partial charge < -0.3 is 19.8 Å². The summed E-state index contributed by atoms with van der Waals surface area (Å²) in [6, 6.07) is 18.2. The molecule has 0 spiro atoms. The van der Waals surface area contributed by atoms with Crippen molar-refractivity contribution in [3.63, 3.8) is 0 Å². The van der Waals surface area contributed by atoms with Crippen LogP contribution < -0.4 is 21.0 Å². The molecule has 0 fully saturated rings. The van der Waals surface area contributed by atoms with Gasteiger partial charge in [-0.3, -0.25) is 4.79 Å². The Morgan fingerprint density at radius 2 is 1.82 bits per heavy atom. The molecule has 0 aliphatic carbocycles. The Hall–Kier alpha value is -3.28. The van der Waals surface area contributed by atoms with Gasteiger partial charge in [-0.15, -0.1) is 0 Å². The van der Waals surface area contributed by atoms with Crippen molar-refractivity contribution in [1.29, 1.82) is 0 Å². The molecule has 3 aromatic rings. The molecule has 6 nitrogen and oxygen atoms in total. The number of nitrogens with one attached hydrogen (secondary N) is 2. The Bertz CT molecular complexity index is 982. The topological polar surface area (TPSA) is 80.6 Å². The predicted molar refractivity (Wildman–Crippen MR) is 110 cm³/mol. The van der Waals surface area contributed by atoms with Crippen molar-refractivity contribution in [3.8, 4) is 5.75 Å². The van der Waals surface area contributed by atoms with E-state index in [0.717, 1.165) is 11.1 Å². The average Bonchev–Trinajstić information content (AvgIpc) is 2.69. The Labute approximate surface area is 163 Å². The average molecular weight is 380 g/mol. The number of anilines is 1. The van der Waals surface area contributed by atoms with E-state index in [0.29, 0.717) is 23.8 Å². The summed E-state index contributed by atoms with van der Waals surface area (Å²) in [4.78, 5) is 23.5. The third-order valence-electron chi connectivity index (χ3n) is 4.41. The summed E-state index contributed by atoms with van der Waals surface area (Å²) in [7, 11) is 0. The lowest BCUT2D eigenvalue weighted by Gasteiger charge is -2.24. The first-order valence-corrected chi connectivity index (χ1v) is 9.26. The highest BCUT2D eigenvalue weighted by atomic mass is 16.5. The molecule has 0 aliphatic rings. The van der Waals surface area contributed by atoms with E-state index in [9.17, 15) is 9.59 Å². The molecule has 146 valence electrons. The number of amides is 1. The van der Waals surface area contributed by atoms with Crippen LogP contribution in [0.4, 0.5) is 5.69 Å². The largest absolute Gasteiger partial charge is 0.484 e. The second-order valence-electron chi connectivity index (χ2n) is 6.91. The zero-order valence-electron chi connectivity index (χ0n) is 16.0. The second-order valence-corrected chi connectivity index (χ2v) is 6.91. The van der Waals surface area contributed by atoms with Gasteiger partial charge in [0.15, 0.2) is 6.61 Å². The summed E-state index contributed by atoms with van der Waals surface area (Å²) in [5, 5.41) is 7.13. The van der Waals surface area contributed by atoms with Crippen molar-refractivity contribution >= 4 is 22.6 Å². The molecule has 0 saturated heterocycles. The number of ether oxygens (including phenoxy) is 1. The second kappa shape index (κ2) is 9.08. The van der Waals surface area contributed by atoms with Crippen LogP contribution in [0.25, 0.3) is 11.0 Å². The van der Waals surface area contributed by atoms with E-state index in [1.807, 2.05) is 30.3 Å². The highest BCUT2D eigenvalue weighted by Crippen LogP contribution is 2.19. The monoisotopic (exact) mass is 380 g/mol. The highest BCUT2D eigenvalue weighted by Gasteiger charge is 2.14. The quantitative estimate of drug-likeness (QED) is 0.585. The van der Waals surface area contributed by atoms with Crippen LogP contribution in [0.2, 0.25) is 0 Å². The zero-order valence-corrected chi connectivity index (χ0v) is 16.0. The van der Waals surface area contributed by atoms with Crippen LogP contribution in [0.3, 0.4) is 0 Å². The lowest BCUT2D eigenvalue weighted by molar-refractivity contribution is -0.123. The van der Waals surface area contributed by atoms with Gasteiger partial charge in [-0.2, -0.15) is 0 Å². The molecule has 0 radical (unpaired) electrons. The Morgan fingerprint density at radius 3 is 2.57 bits per heavy atom. The molecular formula is C22H24N2O4. The molecule has 0 aliphatic heterocycles. The van der Waals surface area contributed by atoms with Gasteiger partial charge >= 0.3 is 5.63 Å². The molecular weight excluding hydrogens is 356 g/mol. The molecule has 0 saturated carbocycles. The van der Waals surface area contributed by atoms with Gasteiger partial charge in [0, 0.05) is 35.8 Å². The zero-order chi connectivity index (χ0) is 19.9. The minimum Gasteiger partial charge on any atom is -0.484 e. The van der Waals surface area contributed by atoms with Gasteiger partial charge in [0.05, 0.1) is 0 Å². The van der Waals surface area contributed by atoms with Crippen molar-refractivity contribution < 1.29 is 13.9 Å². The maximum absolute atomic E-state index is 12.2. The molecule has 1 amide bonds. The van der Waals surface area contributed by atoms with E-state index in [1.165, 1.54) is 6.07 Å².